The van der Waals surface area contributed by atoms with Gasteiger partial charge in [0.25, 0.3) is 0 Å². The van der Waals surface area contributed by atoms with Crippen molar-refractivity contribution in [2.45, 2.75) is 52.2 Å². The van der Waals surface area contributed by atoms with Crippen LogP contribution in [0.3, 0.4) is 0 Å². The summed E-state index contributed by atoms with van der Waals surface area (Å²) < 4.78 is 2.59. The maximum atomic E-state index is 2.59. The molecule has 0 fully saturated rings. The van der Waals surface area contributed by atoms with E-state index in [1.165, 1.54) is 13.0 Å². The van der Waals surface area contributed by atoms with E-state index < -0.39 is 8.24 Å². The van der Waals surface area contributed by atoms with Crippen LogP contribution in [0, 0.1) is 0 Å². The first kappa shape index (κ1) is 12.2. The van der Waals surface area contributed by atoms with E-state index in [1.54, 1.807) is 0 Å². The van der Waals surface area contributed by atoms with Crippen molar-refractivity contribution in [2.24, 2.45) is 0 Å². The normalized spacial score (nSPS) is 14.0. The van der Waals surface area contributed by atoms with Gasteiger partial charge < -0.3 is 4.57 Å². The summed E-state index contributed by atoms with van der Waals surface area (Å²) in [6.45, 7) is 15.5. The van der Waals surface area contributed by atoms with E-state index in [1.807, 2.05) is 0 Å². The summed E-state index contributed by atoms with van der Waals surface area (Å²) in [5.74, 6) is 0. The molecule has 0 aliphatic heterocycles. The van der Waals surface area contributed by atoms with E-state index in [4.69, 9.17) is 0 Å². The van der Waals surface area contributed by atoms with Crippen LogP contribution >= 0.6 is 0 Å². The van der Waals surface area contributed by atoms with Crippen LogP contribution in [0.2, 0.25) is 18.1 Å². The highest BCUT2D eigenvalue weighted by atomic mass is 28.3. The van der Waals surface area contributed by atoms with E-state index in [9.17, 15) is 0 Å². The molecule has 0 saturated carbocycles. The molecule has 0 aliphatic carbocycles. The van der Waals surface area contributed by atoms with E-state index in [0.717, 1.165) is 0 Å². The fraction of sp³-hybridized carbons (Fsp3) is 1.00. The fourth-order valence-electron chi connectivity index (χ4n) is 1.19. The molecule has 0 aromatic heterocycles. The Morgan fingerprint density at radius 2 is 1.58 bits per heavy atom. The summed E-state index contributed by atoms with van der Waals surface area (Å²) in [7, 11) is 1.08. The second-order valence-electron chi connectivity index (χ2n) is 5.23. The molecule has 0 aromatic carbocycles. The van der Waals surface area contributed by atoms with E-state index in [-0.39, 0.29) is 0 Å². The minimum Gasteiger partial charge on any atom is -0.326 e. The standard InChI is InChI=1S/C10H25NSi/c1-8-9-11(5)12(6,7)10(2,3)4/h8-9H2,1-7H3. The molecule has 0 atom stereocenters. The molecule has 0 amide bonds. The summed E-state index contributed by atoms with van der Waals surface area (Å²) in [5, 5.41) is 0.483. The average molecular weight is 187 g/mol. The summed E-state index contributed by atoms with van der Waals surface area (Å²) in [6.07, 6.45) is 1.27. The van der Waals surface area contributed by atoms with Crippen molar-refractivity contribution in [3.05, 3.63) is 0 Å². The SMILES string of the molecule is CCCN(C)[Si](C)(C)C(C)(C)C. The summed E-state index contributed by atoms with van der Waals surface area (Å²) in [6, 6.07) is 0. The van der Waals surface area contributed by atoms with Crippen LogP contribution in [0.5, 0.6) is 0 Å². The highest BCUT2D eigenvalue weighted by Crippen LogP contribution is 2.37. The van der Waals surface area contributed by atoms with Gasteiger partial charge in [0, 0.05) is 0 Å². The predicted octanol–water partition coefficient (Wildman–Crippen LogP) is 3.33. The molecule has 0 saturated heterocycles. The van der Waals surface area contributed by atoms with Crippen molar-refractivity contribution in [2.75, 3.05) is 13.6 Å². The van der Waals surface area contributed by atoms with Crippen molar-refractivity contribution in [3.8, 4) is 0 Å². The van der Waals surface area contributed by atoms with Gasteiger partial charge >= 0.3 is 0 Å². The summed E-state index contributed by atoms with van der Waals surface area (Å²) in [4.78, 5) is 0. The Labute approximate surface area is 79.2 Å². The van der Waals surface area contributed by atoms with Crippen molar-refractivity contribution in [3.63, 3.8) is 0 Å². The number of hydrogen-bond donors (Lipinski definition) is 0. The van der Waals surface area contributed by atoms with Crippen molar-refractivity contribution in [1.29, 1.82) is 0 Å². The van der Waals surface area contributed by atoms with Crippen LogP contribution in [-0.2, 0) is 0 Å². The minimum absolute atomic E-state index is 0.483. The van der Waals surface area contributed by atoms with Gasteiger partial charge in [0.15, 0.2) is 0 Å². The van der Waals surface area contributed by atoms with Gasteiger partial charge in [0.2, 0.25) is 0 Å². The smallest absolute Gasteiger partial charge is 0.127 e. The largest absolute Gasteiger partial charge is 0.326 e. The Morgan fingerprint density at radius 1 is 1.17 bits per heavy atom. The first-order chi connectivity index (χ1) is 5.23. The minimum atomic E-state index is -1.20. The zero-order valence-corrected chi connectivity index (χ0v) is 10.9. The lowest BCUT2D eigenvalue weighted by atomic mass is 10.2. The van der Waals surface area contributed by atoms with Gasteiger partial charge in [-0.05, 0) is 25.1 Å². The molecule has 12 heavy (non-hydrogen) atoms. The summed E-state index contributed by atoms with van der Waals surface area (Å²) in [5.41, 5.74) is 0. The number of hydrogen-bond acceptors (Lipinski definition) is 1. The quantitative estimate of drug-likeness (QED) is 0.613. The first-order valence-corrected chi connectivity index (χ1v) is 7.89. The Bertz CT molecular complexity index is 135. The highest BCUT2D eigenvalue weighted by molar-refractivity contribution is 6.77. The second-order valence-corrected chi connectivity index (χ2v) is 10.6. The van der Waals surface area contributed by atoms with Crippen LogP contribution in [0.1, 0.15) is 34.1 Å². The van der Waals surface area contributed by atoms with Gasteiger partial charge in [0.05, 0.1) is 0 Å². The Balaban J connectivity index is 4.38. The molecular weight excluding hydrogens is 162 g/mol. The second kappa shape index (κ2) is 3.92. The zero-order chi connectivity index (χ0) is 9.99. The molecule has 0 rings (SSSR count). The third-order valence-corrected chi connectivity index (χ3v) is 9.15. The van der Waals surface area contributed by atoms with Gasteiger partial charge in [-0.2, -0.15) is 0 Å². The Morgan fingerprint density at radius 3 is 1.83 bits per heavy atom. The molecule has 0 radical (unpaired) electrons. The third kappa shape index (κ3) is 2.59. The Hall–Kier alpha value is 0.177. The lowest BCUT2D eigenvalue weighted by Crippen LogP contribution is -2.53. The van der Waals surface area contributed by atoms with E-state index in [0.29, 0.717) is 5.04 Å². The van der Waals surface area contributed by atoms with Crippen LogP contribution in [0.25, 0.3) is 0 Å². The maximum Gasteiger partial charge on any atom is 0.127 e. The van der Waals surface area contributed by atoms with Crippen molar-refractivity contribution in [1.82, 2.24) is 4.57 Å². The maximum absolute atomic E-state index is 2.59. The number of nitrogens with zero attached hydrogens (tertiary/aromatic N) is 1. The third-order valence-electron chi connectivity index (χ3n) is 3.35. The van der Waals surface area contributed by atoms with Crippen molar-refractivity contribution < 1.29 is 0 Å². The molecule has 0 unspecified atom stereocenters. The molecule has 0 spiro atoms. The van der Waals surface area contributed by atoms with Crippen LogP contribution in [0.4, 0.5) is 0 Å². The van der Waals surface area contributed by atoms with Gasteiger partial charge in [0.1, 0.15) is 8.24 Å². The van der Waals surface area contributed by atoms with Gasteiger partial charge in [-0.3, -0.25) is 0 Å². The summed E-state index contributed by atoms with van der Waals surface area (Å²) >= 11 is 0. The van der Waals surface area contributed by atoms with Crippen LogP contribution in [-0.4, -0.2) is 26.4 Å². The topological polar surface area (TPSA) is 3.24 Å². The lowest BCUT2D eigenvalue weighted by molar-refractivity contribution is 0.467. The molecule has 0 bridgehead atoms. The average Bonchev–Trinajstić information content (AvgIpc) is 1.85. The molecule has 0 heterocycles. The van der Waals surface area contributed by atoms with Gasteiger partial charge in [-0.15, -0.1) is 0 Å². The lowest BCUT2D eigenvalue weighted by Gasteiger charge is -2.44. The van der Waals surface area contributed by atoms with E-state index in [2.05, 4.69) is 52.4 Å². The Kier molecular flexibility index (Phi) is 3.98. The zero-order valence-electron chi connectivity index (χ0n) is 9.86. The molecule has 74 valence electrons. The predicted molar refractivity (Wildman–Crippen MR) is 60.1 cm³/mol. The number of rotatable bonds is 3. The monoisotopic (exact) mass is 187 g/mol. The van der Waals surface area contributed by atoms with Crippen LogP contribution < -0.4 is 0 Å². The molecule has 1 nitrogen and oxygen atoms in total. The molecule has 0 aromatic rings. The molecular formula is C10H25NSi. The van der Waals surface area contributed by atoms with Crippen molar-refractivity contribution >= 4 is 8.24 Å². The first-order valence-electron chi connectivity index (χ1n) is 4.94. The van der Waals surface area contributed by atoms with Gasteiger partial charge in [-0.1, -0.05) is 40.8 Å². The molecule has 0 aliphatic rings. The highest BCUT2D eigenvalue weighted by Gasteiger charge is 2.38. The fourth-order valence-corrected chi connectivity index (χ4v) is 3.12. The molecule has 0 N–H and O–H groups in total. The van der Waals surface area contributed by atoms with Gasteiger partial charge in [-0.25, -0.2) is 0 Å². The van der Waals surface area contributed by atoms with E-state index >= 15 is 0 Å². The molecule has 2 heteroatoms. The van der Waals surface area contributed by atoms with Crippen LogP contribution in [0.15, 0.2) is 0 Å².